The van der Waals surface area contributed by atoms with Crippen LogP contribution in [0.5, 0.6) is 0 Å². The second-order valence-corrected chi connectivity index (χ2v) is 8.34. The quantitative estimate of drug-likeness (QED) is 0.908. The minimum absolute atomic E-state index is 0.175. The Bertz CT molecular complexity index is 528. The number of hydrogen-bond donors (Lipinski definition) is 1. The standard InChI is InChI=1S/C14H21NO2S2/c1-11(18-2)7-9-15-13-8-10-19(16,17)14-6-4-3-5-12(13)14/h3-6,11,13,15H,7-10H2,1-2H3. The van der Waals surface area contributed by atoms with Gasteiger partial charge in [-0.15, -0.1) is 0 Å². The summed E-state index contributed by atoms with van der Waals surface area (Å²) in [6, 6.07) is 7.55. The van der Waals surface area contributed by atoms with Gasteiger partial charge in [0.2, 0.25) is 0 Å². The highest BCUT2D eigenvalue weighted by Crippen LogP contribution is 2.31. The fourth-order valence-electron chi connectivity index (χ4n) is 2.38. The van der Waals surface area contributed by atoms with Crippen molar-refractivity contribution in [3.63, 3.8) is 0 Å². The van der Waals surface area contributed by atoms with Crippen molar-refractivity contribution in [3.8, 4) is 0 Å². The number of nitrogens with one attached hydrogen (secondary N) is 1. The molecule has 2 rings (SSSR count). The van der Waals surface area contributed by atoms with Gasteiger partial charge >= 0.3 is 0 Å². The lowest BCUT2D eigenvalue weighted by molar-refractivity contribution is 0.486. The molecule has 5 heteroatoms. The van der Waals surface area contributed by atoms with Gasteiger partial charge in [-0.3, -0.25) is 0 Å². The Morgan fingerprint density at radius 2 is 2.16 bits per heavy atom. The molecule has 1 heterocycles. The summed E-state index contributed by atoms with van der Waals surface area (Å²) < 4.78 is 24.0. The SMILES string of the molecule is CSC(C)CCNC1CCS(=O)(=O)c2ccccc21. The number of sulfone groups is 1. The van der Waals surface area contributed by atoms with E-state index in [1.807, 2.05) is 23.9 Å². The number of hydrogen-bond acceptors (Lipinski definition) is 4. The zero-order valence-electron chi connectivity index (χ0n) is 11.4. The molecule has 0 saturated heterocycles. The van der Waals surface area contributed by atoms with E-state index in [9.17, 15) is 8.42 Å². The van der Waals surface area contributed by atoms with E-state index in [0.717, 1.165) is 18.5 Å². The maximum Gasteiger partial charge on any atom is 0.178 e. The summed E-state index contributed by atoms with van der Waals surface area (Å²) in [6.07, 6.45) is 3.90. The van der Waals surface area contributed by atoms with Crippen LogP contribution in [0.1, 0.15) is 31.4 Å². The van der Waals surface area contributed by atoms with E-state index >= 15 is 0 Å². The summed E-state index contributed by atoms with van der Waals surface area (Å²) >= 11 is 1.86. The molecule has 0 saturated carbocycles. The third-order valence-corrected chi connectivity index (χ3v) is 6.50. The maximum atomic E-state index is 12.0. The Hall–Kier alpha value is -0.520. The smallest absolute Gasteiger partial charge is 0.178 e. The van der Waals surface area contributed by atoms with Gasteiger partial charge in [-0.05, 0) is 37.3 Å². The van der Waals surface area contributed by atoms with E-state index in [1.54, 1.807) is 12.1 Å². The Morgan fingerprint density at radius 1 is 1.42 bits per heavy atom. The van der Waals surface area contributed by atoms with Crippen molar-refractivity contribution in [2.45, 2.75) is 36.0 Å². The average molecular weight is 299 g/mol. The van der Waals surface area contributed by atoms with Gasteiger partial charge < -0.3 is 5.32 Å². The lowest BCUT2D eigenvalue weighted by atomic mass is 10.0. The second kappa shape index (κ2) is 6.29. The van der Waals surface area contributed by atoms with Crippen LogP contribution in [0.2, 0.25) is 0 Å². The van der Waals surface area contributed by atoms with Crippen molar-refractivity contribution in [1.29, 1.82) is 0 Å². The van der Waals surface area contributed by atoms with Crippen LogP contribution >= 0.6 is 11.8 Å². The van der Waals surface area contributed by atoms with Crippen molar-refractivity contribution in [3.05, 3.63) is 29.8 Å². The Kier molecular flexibility index (Phi) is 4.92. The third-order valence-electron chi connectivity index (χ3n) is 3.65. The molecule has 1 aliphatic rings. The summed E-state index contributed by atoms with van der Waals surface area (Å²) in [5.74, 6) is 0.250. The number of fused-ring (bicyclic) bond motifs is 1. The molecule has 0 fully saturated rings. The van der Waals surface area contributed by atoms with Crippen molar-refractivity contribution < 1.29 is 8.42 Å². The van der Waals surface area contributed by atoms with E-state index in [2.05, 4.69) is 18.5 Å². The van der Waals surface area contributed by atoms with E-state index in [-0.39, 0.29) is 11.8 Å². The molecule has 0 aliphatic carbocycles. The highest BCUT2D eigenvalue weighted by atomic mass is 32.2. The van der Waals surface area contributed by atoms with E-state index < -0.39 is 9.84 Å². The fraction of sp³-hybridized carbons (Fsp3) is 0.571. The number of rotatable bonds is 5. The normalized spacial score (nSPS) is 22.7. The Balaban J connectivity index is 2.08. The predicted octanol–water partition coefficient (Wildman–Crippen LogP) is 2.64. The molecule has 19 heavy (non-hydrogen) atoms. The fourth-order valence-corrected chi connectivity index (χ4v) is 4.36. The molecule has 0 aromatic heterocycles. The molecule has 0 bridgehead atoms. The first-order valence-electron chi connectivity index (χ1n) is 6.62. The Morgan fingerprint density at radius 3 is 2.89 bits per heavy atom. The van der Waals surface area contributed by atoms with Gasteiger partial charge in [0.05, 0.1) is 10.6 Å². The van der Waals surface area contributed by atoms with Crippen LogP contribution in [0.3, 0.4) is 0 Å². The summed E-state index contributed by atoms with van der Waals surface area (Å²) in [5, 5.41) is 4.14. The van der Waals surface area contributed by atoms with E-state index in [4.69, 9.17) is 0 Å². The Labute approximate surface area is 120 Å². The van der Waals surface area contributed by atoms with Gasteiger partial charge in [-0.25, -0.2) is 8.42 Å². The lowest BCUT2D eigenvalue weighted by Crippen LogP contribution is -2.31. The van der Waals surface area contributed by atoms with Gasteiger partial charge in [0, 0.05) is 11.3 Å². The van der Waals surface area contributed by atoms with Crippen LogP contribution in [0.15, 0.2) is 29.2 Å². The van der Waals surface area contributed by atoms with Crippen LogP contribution < -0.4 is 5.32 Å². The minimum atomic E-state index is -3.07. The first kappa shape index (κ1) is 14.9. The molecular formula is C14H21NO2S2. The van der Waals surface area contributed by atoms with Crippen LogP contribution in [-0.4, -0.2) is 32.2 Å². The van der Waals surface area contributed by atoms with Crippen molar-refractivity contribution >= 4 is 21.6 Å². The summed E-state index contributed by atoms with van der Waals surface area (Å²) in [5.41, 5.74) is 0.936. The molecule has 0 amide bonds. The maximum absolute atomic E-state index is 12.0. The molecule has 3 nitrogen and oxygen atoms in total. The molecule has 0 spiro atoms. The molecule has 1 aliphatic heterocycles. The lowest BCUT2D eigenvalue weighted by Gasteiger charge is -2.26. The molecule has 1 aromatic carbocycles. The monoisotopic (exact) mass is 299 g/mol. The zero-order chi connectivity index (χ0) is 13.9. The molecule has 1 aromatic rings. The summed E-state index contributed by atoms with van der Waals surface area (Å²) in [4.78, 5) is 0.511. The van der Waals surface area contributed by atoms with Gasteiger partial charge in [0.15, 0.2) is 9.84 Å². The first-order valence-corrected chi connectivity index (χ1v) is 9.56. The number of thioether (sulfide) groups is 1. The van der Waals surface area contributed by atoms with Gasteiger partial charge in [-0.2, -0.15) is 11.8 Å². The topological polar surface area (TPSA) is 46.2 Å². The largest absolute Gasteiger partial charge is 0.310 e. The van der Waals surface area contributed by atoms with Crippen molar-refractivity contribution in [1.82, 2.24) is 5.32 Å². The highest BCUT2D eigenvalue weighted by molar-refractivity contribution is 7.99. The van der Waals surface area contributed by atoms with Crippen molar-refractivity contribution in [2.24, 2.45) is 0 Å². The molecular weight excluding hydrogens is 278 g/mol. The molecule has 2 atom stereocenters. The van der Waals surface area contributed by atoms with Crippen LogP contribution in [0.25, 0.3) is 0 Å². The molecule has 1 N–H and O–H groups in total. The van der Waals surface area contributed by atoms with E-state index in [1.165, 1.54) is 0 Å². The van der Waals surface area contributed by atoms with Crippen LogP contribution in [0.4, 0.5) is 0 Å². The molecule has 0 radical (unpaired) electrons. The third kappa shape index (κ3) is 3.52. The van der Waals surface area contributed by atoms with Gasteiger partial charge in [0.25, 0.3) is 0 Å². The zero-order valence-corrected chi connectivity index (χ0v) is 13.1. The first-order chi connectivity index (χ1) is 9.04. The highest BCUT2D eigenvalue weighted by Gasteiger charge is 2.29. The molecule has 2 unspecified atom stereocenters. The van der Waals surface area contributed by atoms with E-state index in [0.29, 0.717) is 16.6 Å². The minimum Gasteiger partial charge on any atom is -0.310 e. The summed E-state index contributed by atoms with van der Waals surface area (Å²) in [6.45, 7) is 3.15. The van der Waals surface area contributed by atoms with Crippen LogP contribution in [0, 0.1) is 0 Å². The second-order valence-electron chi connectivity index (χ2n) is 4.99. The predicted molar refractivity (Wildman–Crippen MR) is 81.4 cm³/mol. The summed E-state index contributed by atoms with van der Waals surface area (Å²) in [7, 11) is -3.07. The van der Waals surface area contributed by atoms with Gasteiger partial charge in [0.1, 0.15) is 0 Å². The molecule has 106 valence electrons. The average Bonchev–Trinajstić information content (AvgIpc) is 2.41. The van der Waals surface area contributed by atoms with Crippen molar-refractivity contribution in [2.75, 3.05) is 18.6 Å². The van der Waals surface area contributed by atoms with Crippen LogP contribution in [-0.2, 0) is 9.84 Å². The number of benzene rings is 1. The van der Waals surface area contributed by atoms with Gasteiger partial charge in [-0.1, -0.05) is 25.1 Å².